The van der Waals surface area contributed by atoms with Crippen LogP contribution in [0.25, 0.3) is 0 Å². The molecule has 1 N–H and O–H groups in total. The van der Waals surface area contributed by atoms with Gasteiger partial charge in [0.1, 0.15) is 0 Å². The van der Waals surface area contributed by atoms with Crippen LogP contribution in [0.1, 0.15) is 45.5 Å². The largest absolute Gasteiger partial charge is 0.377 e. The first kappa shape index (κ1) is 16.2. The van der Waals surface area contributed by atoms with Crippen molar-refractivity contribution in [2.24, 2.45) is 0 Å². The van der Waals surface area contributed by atoms with Crippen LogP contribution in [0.5, 0.6) is 0 Å². The summed E-state index contributed by atoms with van der Waals surface area (Å²) in [6.07, 6.45) is 2.07. The highest BCUT2D eigenvalue weighted by atomic mass is 16.5. The van der Waals surface area contributed by atoms with Crippen LogP contribution in [-0.4, -0.2) is 35.1 Å². The highest BCUT2D eigenvalue weighted by Crippen LogP contribution is 2.19. The van der Waals surface area contributed by atoms with Gasteiger partial charge in [0.2, 0.25) is 0 Å². The van der Waals surface area contributed by atoms with Crippen molar-refractivity contribution in [3.63, 3.8) is 0 Å². The van der Waals surface area contributed by atoms with E-state index in [-0.39, 0.29) is 5.60 Å². The molecule has 0 aliphatic carbocycles. The topological polar surface area (TPSA) is 39.1 Å². The highest BCUT2D eigenvalue weighted by Gasteiger charge is 2.29. The molecule has 110 valence electrons. The van der Waals surface area contributed by atoms with Crippen LogP contribution in [0, 0.1) is 6.92 Å². The first-order valence-corrected chi connectivity index (χ1v) is 7.26. The third-order valence-electron chi connectivity index (χ3n) is 3.70. The molecule has 19 heavy (non-hydrogen) atoms. The van der Waals surface area contributed by atoms with Gasteiger partial charge in [-0.3, -0.25) is 4.68 Å². The van der Waals surface area contributed by atoms with E-state index in [1.165, 1.54) is 5.69 Å². The van der Waals surface area contributed by atoms with Gasteiger partial charge in [0.05, 0.1) is 11.3 Å². The number of hydrogen-bond acceptors (Lipinski definition) is 3. The van der Waals surface area contributed by atoms with Gasteiger partial charge < -0.3 is 10.1 Å². The molecule has 0 fully saturated rings. The minimum atomic E-state index is -0.189. The van der Waals surface area contributed by atoms with E-state index in [1.54, 1.807) is 7.11 Å². The zero-order valence-electron chi connectivity index (χ0n) is 13.3. The summed E-state index contributed by atoms with van der Waals surface area (Å²) in [5.74, 6) is 0. The van der Waals surface area contributed by atoms with Crippen LogP contribution in [0.4, 0.5) is 0 Å². The van der Waals surface area contributed by atoms with E-state index in [0.717, 1.165) is 31.6 Å². The first-order chi connectivity index (χ1) is 8.94. The molecule has 0 aromatic carbocycles. The van der Waals surface area contributed by atoms with Crippen molar-refractivity contribution in [3.8, 4) is 0 Å². The van der Waals surface area contributed by atoms with Crippen LogP contribution in [0.3, 0.4) is 0 Å². The van der Waals surface area contributed by atoms with E-state index < -0.39 is 0 Å². The molecule has 0 bridgehead atoms. The van der Waals surface area contributed by atoms with Crippen LogP contribution < -0.4 is 5.32 Å². The molecule has 1 aromatic heterocycles. The van der Waals surface area contributed by atoms with Crippen LogP contribution >= 0.6 is 0 Å². The minimum Gasteiger partial charge on any atom is -0.377 e. The van der Waals surface area contributed by atoms with E-state index in [2.05, 4.69) is 48.9 Å². The number of hydrogen-bond donors (Lipinski definition) is 1. The Labute approximate surface area is 117 Å². The number of aromatic nitrogens is 2. The molecule has 1 rings (SSSR count). The Morgan fingerprint density at radius 1 is 1.42 bits per heavy atom. The van der Waals surface area contributed by atoms with Crippen molar-refractivity contribution >= 4 is 0 Å². The van der Waals surface area contributed by atoms with Crippen LogP contribution in [-0.2, 0) is 17.7 Å². The van der Waals surface area contributed by atoms with Gasteiger partial charge >= 0.3 is 0 Å². The molecule has 0 radical (unpaired) electrons. The Balaban J connectivity index is 2.87. The molecule has 0 amide bonds. The molecular formula is C15H29N3O. The minimum absolute atomic E-state index is 0.189. The fourth-order valence-electron chi connectivity index (χ4n) is 2.27. The van der Waals surface area contributed by atoms with Gasteiger partial charge in [-0.15, -0.1) is 0 Å². The Morgan fingerprint density at radius 2 is 2.11 bits per heavy atom. The summed E-state index contributed by atoms with van der Waals surface area (Å²) in [6, 6.07) is 2.47. The zero-order chi connectivity index (χ0) is 14.5. The van der Waals surface area contributed by atoms with Crippen molar-refractivity contribution < 1.29 is 4.74 Å². The molecule has 1 aromatic rings. The Morgan fingerprint density at radius 3 is 2.63 bits per heavy atom. The molecule has 1 heterocycles. The third kappa shape index (κ3) is 4.32. The maximum atomic E-state index is 5.66. The molecule has 4 nitrogen and oxygen atoms in total. The van der Waals surface area contributed by atoms with Gasteiger partial charge in [-0.2, -0.15) is 5.10 Å². The number of ether oxygens (including phenoxy) is 1. The maximum Gasteiger partial charge on any atom is 0.0778 e. The molecular weight excluding hydrogens is 238 g/mol. The number of aryl methyl sites for hydroxylation is 2. The molecule has 4 heteroatoms. The highest BCUT2D eigenvalue weighted by molar-refractivity contribution is 5.12. The quantitative estimate of drug-likeness (QED) is 0.787. The van der Waals surface area contributed by atoms with E-state index >= 15 is 0 Å². The zero-order valence-corrected chi connectivity index (χ0v) is 13.3. The lowest BCUT2D eigenvalue weighted by Crippen LogP contribution is -2.50. The van der Waals surface area contributed by atoms with E-state index in [4.69, 9.17) is 4.74 Å². The van der Waals surface area contributed by atoms with Crippen molar-refractivity contribution in [1.82, 2.24) is 15.1 Å². The maximum absolute atomic E-state index is 5.66. The van der Waals surface area contributed by atoms with Gasteiger partial charge in [-0.25, -0.2) is 0 Å². The normalized spacial score (nSPS) is 13.8. The van der Waals surface area contributed by atoms with E-state index in [0.29, 0.717) is 6.04 Å². The standard InChI is InChI=1S/C15H29N3O/c1-7-9-16-14(15(4,5)19-6)11-13-10-12(3)17-18(13)8-2/h10,14,16H,7-9,11H2,1-6H3. The average Bonchev–Trinajstić information content (AvgIpc) is 2.74. The molecule has 0 spiro atoms. The summed E-state index contributed by atoms with van der Waals surface area (Å²) in [5.41, 5.74) is 2.17. The number of methoxy groups -OCH3 is 1. The summed E-state index contributed by atoms with van der Waals surface area (Å²) in [4.78, 5) is 0. The summed E-state index contributed by atoms with van der Waals surface area (Å²) >= 11 is 0. The lowest BCUT2D eigenvalue weighted by molar-refractivity contribution is -0.0105. The van der Waals surface area contributed by atoms with Crippen molar-refractivity contribution in [3.05, 3.63) is 17.5 Å². The molecule has 0 aliphatic heterocycles. The molecule has 0 saturated carbocycles. The second-order valence-corrected chi connectivity index (χ2v) is 5.61. The lowest BCUT2D eigenvalue weighted by atomic mass is 9.93. The third-order valence-corrected chi connectivity index (χ3v) is 3.70. The van der Waals surface area contributed by atoms with Crippen molar-refractivity contribution in [2.75, 3.05) is 13.7 Å². The SMILES string of the molecule is CCCNC(Cc1cc(C)nn1CC)C(C)(C)OC. The van der Waals surface area contributed by atoms with E-state index in [1.807, 2.05) is 6.92 Å². The van der Waals surface area contributed by atoms with Gasteiger partial charge in [0.15, 0.2) is 0 Å². The Bertz CT molecular complexity index is 385. The monoisotopic (exact) mass is 267 g/mol. The first-order valence-electron chi connectivity index (χ1n) is 7.26. The number of nitrogens with one attached hydrogen (secondary N) is 1. The summed E-state index contributed by atoms with van der Waals surface area (Å²) < 4.78 is 7.74. The molecule has 0 aliphatic rings. The lowest BCUT2D eigenvalue weighted by Gasteiger charge is -2.34. The van der Waals surface area contributed by atoms with Gasteiger partial charge in [0, 0.05) is 31.8 Å². The number of nitrogens with zero attached hydrogens (tertiary/aromatic N) is 2. The Kier molecular flexibility index (Phi) is 6.01. The fourth-order valence-corrected chi connectivity index (χ4v) is 2.27. The summed E-state index contributed by atoms with van der Waals surface area (Å²) in [6.45, 7) is 12.6. The van der Waals surface area contributed by atoms with E-state index in [9.17, 15) is 0 Å². The van der Waals surface area contributed by atoms with Gasteiger partial charge in [-0.1, -0.05) is 6.92 Å². The van der Waals surface area contributed by atoms with Crippen LogP contribution in [0.2, 0.25) is 0 Å². The number of rotatable bonds is 8. The predicted octanol–water partition coefficient (Wildman–Crippen LogP) is 2.55. The van der Waals surface area contributed by atoms with Gasteiger partial charge in [0.25, 0.3) is 0 Å². The predicted molar refractivity (Wildman–Crippen MR) is 79.5 cm³/mol. The molecule has 0 saturated heterocycles. The van der Waals surface area contributed by atoms with Crippen molar-refractivity contribution in [1.29, 1.82) is 0 Å². The second kappa shape index (κ2) is 7.06. The summed E-state index contributed by atoms with van der Waals surface area (Å²) in [7, 11) is 1.78. The van der Waals surface area contributed by atoms with Crippen LogP contribution in [0.15, 0.2) is 6.07 Å². The Hall–Kier alpha value is -0.870. The molecule has 1 unspecified atom stereocenters. The smallest absolute Gasteiger partial charge is 0.0778 e. The van der Waals surface area contributed by atoms with Gasteiger partial charge in [-0.05, 0) is 46.7 Å². The summed E-state index contributed by atoms with van der Waals surface area (Å²) in [5, 5.41) is 8.12. The fraction of sp³-hybridized carbons (Fsp3) is 0.800. The molecule has 1 atom stereocenters. The van der Waals surface area contributed by atoms with Crippen molar-refractivity contribution in [2.45, 2.75) is 65.6 Å². The second-order valence-electron chi connectivity index (χ2n) is 5.61. The average molecular weight is 267 g/mol.